The van der Waals surface area contributed by atoms with E-state index in [4.69, 9.17) is 9.97 Å². The number of fused-ring (bicyclic) bond motifs is 14. The number of rotatable bonds is 2. The minimum Gasteiger partial charge on any atom is -0.309 e. The van der Waals surface area contributed by atoms with Crippen molar-refractivity contribution in [2.24, 2.45) is 0 Å². The van der Waals surface area contributed by atoms with Crippen LogP contribution in [0.2, 0.25) is 0 Å². The van der Waals surface area contributed by atoms with Crippen LogP contribution in [0.5, 0.6) is 0 Å². The van der Waals surface area contributed by atoms with Gasteiger partial charge in [-0.3, -0.25) is 9.38 Å². The second-order valence-corrected chi connectivity index (χ2v) is 12.1. The molecule has 5 aromatic carbocycles. The number of para-hydroxylation sites is 3. The average Bonchev–Trinajstić information content (AvgIpc) is 3.78. The van der Waals surface area contributed by atoms with Crippen molar-refractivity contribution in [1.29, 1.82) is 0 Å². The molecule has 0 N–H and O–H groups in total. The standard InChI is InChI=1S/C41H24N6/c1-3-11-25(12-4-1)45-33-16-8-7-15-27(33)28-21-29-30-22-32-31(23-36(30)46(38(29)24-37(28)45)26-13-5-2-6-14-26)39-34(17-9-19-42-39)47-35-18-10-20-43-40(35)44-41(32)47/h1-24H. The van der Waals surface area contributed by atoms with Gasteiger partial charge in [-0.1, -0.05) is 54.6 Å². The summed E-state index contributed by atoms with van der Waals surface area (Å²) in [6.45, 7) is 0. The lowest BCUT2D eigenvalue weighted by atomic mass is 10.0. The first-order valence-electron chi connectivity index (χ1n) is 15.8. The quantitative estimate of drug-likeness (QED) is 0.186. The summed E-state index contributed by atoms with van der Waals surface area (Å²) in [5, 5.41) is 6.96. The second-order valence-electron chi connectivity index (χ2n) is 12.1. The van der Waals surface area contributed by atoms with E-state index in [1.807, 2.05) is 18.3 Å². The minimum absolute atomic E-state index is 0.729. The van der Waals surface area contributed by atoms with Gasteiger partial charge in [0.05, 0.1) is 38.6 Å². The summed E-state index contributed by atoms with van der Waals surface area (Å²) < 4.78 is 7.00. The monoisotopic (exact) mass is 600 g/mol. The fourth-order valence-electron chi connectivity index (χ4n) is 7.74. The topological polar surface area (TPSA) is 52.9 Å². The van der Waals surface area contributed by atoms with Gasteiger partial charge in [0.1, 0.15) is 5.65 Å². The fourth-order valence-corrected chi connectivity index (χ4v) is 7.74. The SMILES string of the molecule is c1ccc(-n2c3ccccc3c3cc4c5cc6c(cc5n(-c5ccccc5)c4cc32)c2ncccc2n2c3cccnc3nc62)cc1. The first kappa shape index (κ1) is 24.8. The molecular formula is C41H24N6. The van der Waals surface area contributed by atoms with Crippen molar-refractivity contribution in [3.63, 3.8) is 0 Å². The van der Waals surface area contributed by atoms with E-state index in [9.17, 15) is 0 Å². The zero-order valence-electron chi connectivity index (χ0n) is 25.0. The molecule has 0 radical (unpaired) electrons. The highest BCUT2D eigenvalue weighted by molar-refractivity contribution is 6.24. The molecule has 11 aromatic rings. The van der Waals surface area contributed by atoms with Gasteiger partial charge in [0.25, 0.3) is 0 Å². The maximum atomic E-state index is 5.09. The molecule has 0 saturated carbocycles. The third kappa shape index (κ3) is 3.26. The molecule has 6 aromatic heterocycles. The van der Waals surface area contributed by atoms with E-state index in [1.54, 1.807) is 6.20 Å². The molecule has 6 heteroatoms. The van der Waals surface area contributed by atoms with Crippen molar-refractivity contribution in [1.82, 2.24) is 28.5 Å². The van der Waals surface area contributed by atoms with Crippen LogP contribution in [0.1, 0.15) is 0 Å². The van der Waals surface area contributed by atoms with E-state index in [2.05, 4.69) is 140 Å². The molecule has 218 valence electrons. The largest absolute Gasteiger partial charge is 0.309 e. The smallest absolute Gasteiger partial charge is 0.178 e. The van der Waals surface area contributed by atoms with Crippen LogP contribution in [0, 0.1) is 0 Å². The van der Waals surface area contributed by atoms with Crippen LogP contribution in [0.15, 0.2) is 146 Å². The van der Waals surface area contributed by atoms with Crippen molar-refractivity contribution >= 4 is 82.2 Å². The van der Waals surface area contributed by atoms with Crippen LogP contribution < -0.4 is 0 Å². The predicted octanol–water partition coefficient (Wildman–Crippen LogP) is 9.78. The molecular weight excluding hydrogens is 576 g/mol. The summed E-state index contributed by atoms with van der Waals surface area (Å²) in [5.74, 6) is 0. The van der Waals surface area contributed by atoms with Gasteiger partial charge in [0, 0.05) is 56.1 Å². The van der Waals surface area contributed by atoms with E-state index in [0.29, 0.717) is 0 Å². The Kier molecular flexibility index (Phi) is 4.75. The van der Waals surface area contributed by atoms with E-state index in [1.165, 1.54) is 32.6 Å². The van der Waals surface area contributed by atoms with Gasteiger partial charge in [-0.15, -0.1) is 0 Å². The molecule has 0 spiro atoms. The van der Waals surface area contributed by atoms with E-state index in [-0.39, 0.29) is 0 Å². The van der Waals surface area contributed by atoms with Gasteiger partial charge in [-0.25, -0.2) is 9.97 Å². The summed E-state index contributed by atoms with van der Waals surface area (Å²) in [7, 11) is 0. The summed E-state index contributed by atoms with van der Waals surface area (Å²) >= 11 is 0. The van der Waals surface area contributed by atoms with Gasteiger partial charge in [-0.05, 0) is 78.9 Å². The Morgan fingerprint density at radius 2 is 0.957 bits per heavy atom. The van der Waals surface area contributed by atoms with Gasteiger partial charge in [0.15, 0.2) is 5.65 Å². The van der Waals surface area contributed by atoms with E-state index in [0.717, 1.165) is 61.0 Å². The predicted molar refractivity (Wildman–Crippen MR) is 192 cm³/mol. The summed E-state index contributed by atoms with van der Waals surface area (Å²) in [6.07, 6.45) is 3.68. The van der Waals surface area contributed by atoms with Gasteiger partial charge >= 0.3 is 0 Å². The van der Waals surface area contributed by atoms with Gasteiger partial charge in [0.2, 0.25) is 0 Å². The number of hydrogen-bond donors (Lipinski definition) is 0. The van der Waals surface area contributed by atoms with Crippen molar-refractivity contribution in [2.45, 2.75) is 0 Å². The molecule has 0 unspecified atom stereocenters. The third-order valence-electron chi connectivity index (χ3n) is 9.68. The number of aromatic nitrogens is 6. The van der Waals surface area contributed by atoms with Crippen molar-refractivity contribution in [3.05, 3.63) is 146 Å². The maximum absolute atomic E-state index is 5.09. The normalized spacial score (nSPS) is 12.3. The number of hydrogen-bond acceptors (Lipinski definition) is 3. The summed E-state index contributed by atoms with van der Waals surface area (Å²) in [5.41, 5.74) is 11.5. The van der Waals surface area contributed by atoms with Crippen molar-refractivity contribution < 1.29 is 0 Å². The highest BCUT2D eigenvalue weighted by Crippen LogP contribution is 2.42. The van der Waals surface area contributed by atoms with Crippen LogP contribution in [0.4, 0.5) is 0 Å². The molecule has 0 amide bonds. The molecule has 6 nitrogen and oxygen atoms in total. The van der Waals surface area contributed by atoms with Crippen LogP contribution in [-0.2, 0) is 0 Å². The Morgan fingerprint density at radius 1 is 0.383 bits per heavy atom. The number of pyridine rings is 3. The van der Waals surface area contributed by atoms with Crippen molar-refractivity contribution in [2.75, 3.05) is 0 Å². The maximum Gasteiger partial charge on any atom is 0.178 e. The number of benzene rings is 5. The molecule has 47 heavy (non-hydrogen) atoms. The van der Waals surface area contributed by atoms with Crippen LogP contribution in [-0.4, -0.2) is 28.5 Å². The summed E-state index contributed by atoms with van der Waals surface area (Å²) in [4.78, 5) is 14.6. The fraction of sp³-hybridized carbons (Fsp3) is 0. The zero-order valence-corrected chi connectivity index (χ0v) is 25.0. The lowest BCUT2D eigenvalue weighted by Gasteiger charge is -2.11. The van der Waals surface area contributed by atoms with Gasteiger partial charge < -0.3 is 9.13 Å². The molecule has 0 aliphatic heterocycles. The molecule has 0 aliphatic carbocycles. The van der Waals surface area contributed by atoms with Crippen LogP contribution in [0.25, 0.3) is 93.6 Å². The van der Waals surface area contributed by atoms with Crippen LogP contribution >= 0.6 is 0 Å². The Labute approximate surface area is 267 Å². The molecule has 0 saturated heterocycles. The lowest BCUT2D eigenvalue weighted by molar-refractivity contribution is 1.17. The highest BCUT2D eigenvalue weighted by Gasteiger charge is 2.21. The molecule has 0 fully saturated rings. The molecule has 6 heterocycles. The van der Waals surface area contributed by atoms with Crippen molar-refractivity contribution in [3.8, 4) is 11.4 Å². The molecule has 11 rings (SSSR count). The first-order valence-corrected chi connectivity index (χ1v) is 15.8. The van der Waals surface area contributed by atoms with Gasteiger partial charge in [-0.2, -0.15) is 0 Å². The first-order chi connectivity index (χ1) is 23.3. The van der Waals surface area contributed by atoms with E-state index >= 15 is 0 Å². The Balaban J connectivity index is 1.38. The number of nitrogens with zero attached hydrogens (tertiary/aromatic N) is 6. The lowest BCUT2D eigenvalue weighted by Crippen LogP contribution is -1.96. The Morgan fingerprint density at radius 3 is 1.72 bits per heavy atom. The second kappa shape index (κ2) is 9.02. The highest BCUT2D eigenvalue weighted by atomic mass is 15.1. The summed E-state index contributed by atoms with van der Waals surface area (Å²) in [6, 6.07) is 47.6. The van der Waals surface area contributed by atoms with E-state index < -0.39 is 0 Å². The van der Waals surface area contributed by atoms with Crippen LogP contribution in [0.3, 0.4) is 0 Å². The minimum atomic E-state index is 0.729. The zero-order chi connectivity index (χ0) is 30.6. The average molecular weight is 601 g/mol. The number of imidazole rings is 1. The Hall–Kier alpha value is -6.53. The molecule has 0 atom stereocenters. The molecule has 0 aliphatic rings. The Bertz CT molecular complexity index is 3060. The molecule has 0 bridgehead atoms. The third-order valence-corrected chi connectivity index (χ3v) is 9.68.